The Bertz CT molecular complexity index is 711. The van der Waals surface area contributed by atoms with Gasteiger partial charge in [-0.05, 0) is 93.7 Å². The quantitative estimate of drug-likeness (QED) is 0.310. The minimum absolute atomic E-state index is 0. The van der Waals surface area contributed by atoms with Gasteiger partial charge in [0.25, 0.3) is 0 Å². The van der Waals surface area contributed by atoms with Crippen LogP contribution in [0.15, 0.2) is 42.5 Å². The van der Waals surface area contributed by atoms with E-state index < -0.39 is 0 Å². The molecule has 2 aromatic rings. The molecule has 0 spiro atoms. The molecule has 0 saturated heterocycles. The van der Waals surface area contributed by atoms with Crippen molar-refractivity contribution in [1.82, 2.24) is 10.6 Å². The summed E-state index contributed by atoms with van der Waals surface area (Å²) in [5.41, 5.74) is 2.63. The van der Waals surface area contributed by atoms with Gasteiger partial charge >= 0.3 is 0 Å². The summed E-state index contributed by atoms with van der Waals surface area (Å²) in [6.07, 6.45) is 8.36. The molecule has 0 aliphatic rings. The average molecular weight is 469 g/mol. The lowest BCUT2D eigenvalue weighted by atomic mass is 10.1. The van der Waals surface area contributed by atoms with Gasteiger partial charge in [0.15, 0.2) is 11.5 Å². The van der Waals surface area contributed by atoms with E-state index >= 15 is 0 Å². The predicted molar refractivity (Wildman–Crippen MR) is 134 cm³/mol. The van der Waals surface area contributed by atoms with Crippen LogP contribution in [0.5, 0.6) is 11.5 Å². The van der Waals surface area contributed by atoms with Gasteiger partial charge in [-0.3, -0.25) is 0 Å². The first kappa shape index (κ1) is 27.6. The Morgan fingerprint density at radius 3 is 1.87 bits per heavy atom. The number of unbranched alkanes of at least 4 members (excludes halogenated alkanes) is 3. The molecule has 0 fully saturated rings. The number of benzene rings is 2. The van der Waals surface area contributed by atoms with Crippen molar-refractivity contribution in [3.63, 3.8) is 0 Å². The third kappa shape index (κ3) is 11.6. The maximum atomic E-state index is 5.91. The van der Waals surface area contributed by atoms with Gasteiger partial charge in [0.05, 0.1) is 14.2 Å². The molecule has 0 heterocycles. The summed E-state index contributed by atoms with van der Waals surface area (Å²) in [6.45, 7) is 4.28. The highest BCUT2D eigenvalue weighted by Crippen LogP contribution is 2.27. The van der Waals surface area contributed by atoms with E-state index in [1.165, 1.54) is 43.2 Å². The zero-order valence-corrected chi connectivity index (χ0v) is 20.5. The highest BCUT2D eigenvalue weighted by molar-refractivity contribution is 6.30. The lowest BCUT2D eigenvalue weighted by Gasteiger charge is -2.10. The summed E-state index contributed by atoms with van der Waals surface area (Å²) >= 11 is 5.91. The third-order valence-electron chi connectivity index (χ3n) is 5.23. The molecule has 0 aromatic heterocycles. The number of hydrogen-bond acceptors (Lipinski definition) is 4. The van der Waals surface area contributed by atoms with Crippen molar-refractivity contribution in [1.29, 1.82) is 0 Å². The molecule has 0 atom stereocenters. The molecule has 6 heteroatoms. The number of rotatable bonds is 16. The molecule has 174 valence electrons. The zero-order chi connectivity index (χ0) is 21.4. The van der Waals surface area contributed by atoms with Crippen LogP contribution in [0.3, 0.4) is 0 Å². The normalized spacial score (nSPS) is 10.5. The molecule has 0 bridgehead atoms. The monoisotopic (exact) mass is 468 g/mol. The second-order valence-corrected chi connectivity index (χ2v) is 8.02. The maximum Gasteiger partial charge on any atom is 0.160 e. The van der Waals surface area contributed by atoms with Gasteiger partial charge in [-0.15, -0.1) is 12.4 Å². The predicted octanol–water partition coefficient (Wildman–Crippen LogP) is 5.69. The Hall–Kier alpha value is -1.46. The molecule has 2 N–H and O–H groups in total. The van der Waals surface area contributed by atoms with Crippen LogP contribution < -0.4 is 20.1 Å². The van der Waals surface area contributed by atoms with Gasteiger partial charge in [0.2, 0.25) is 0 Å². The fourth-order valence-corrected chi connectivity index (χ4v) is 3.57. The number of hydrogen-bond donors (Lipinski definition) is 2. The first-order chi connectivity index (χ1) is 14.7. The summed E-state index contributed by atoms with van der Waals surface area (Å²) in [6, 6.07) is 14.3. The summed E-state index contributed by atoms with van der Waals surface area (Å²) in [7, 11) is 3.34. The number of methoxy groups -OCH3 is 2. The van der Waals surface area contributed by atoms with Crippen molar-refractivity contribution in [2.45, 2.75) is 44.9 Å². The summed E-state index contributed by atoms with van der Waals surface area (Å²) in [5, 5.41) is 7.90. The van der Waals surface area contributed by atoms with Gasteiger partial charge in [0.1, 0.15) is 0 Å². The Morgan fingerprint density at radius 1 is 0.645 bits per heavy atom. The van der Waals surface area contributed by atoms with Gasteiger partial charge < -0.3 is 20.1 Å². The van der Waals surface area contributed by atoms with Crippen LogP contribution in [0.1, 0.15) is 43.2 Å². The molecular weight excluding hydrogens is 431 g/mol. The largest absolute Gasteiger partial charge is 0.493 e. The highest BCUT2D eigenvalue weighted by Gasteiger charge is 2.04. The van der Waals surface area contributed by atoms with Crippen LogP contribution in [0, 0.1) is 0 Å². The fraction of sp³-hybridized carbons (Fsp3) is 0.520. The van der Waals surface area contributed by atoms with Gasteiger partial charge in [-0.2, -0.15) is 0 Å². The molecule has 4 nitrogen and oxygen atoms in total. The van der Waals surface area contributed by atoms with E-state index in [1.807, 2.05) is 18.2 Å². The molecule has 0 radical (unpaired) electrons. The molecule has 0 unspecified atom stereocenters. The number of aryl methyl sites for hydroxylation is 1. The van der Waals surface area contributed by atoms with E-state index in [0.717, 1.165) is 55.5 Å². The van der Waals surface area contributed by atoms with Crippen molar-refractivity contribution < 1.29 is 9.47 Å². The Kier molecular flexibility index (Phi) is 15.2. The lowest BCUT2D eigenvalue weighted by Crippen LogP contribution is -2.19. The second-order valence-electron chi connectivity index (χ2n) is 7.58. The fourth-order valence-electron chi connectivity index (χ4n) is 3.44. The minimum atomic E-state index is 0. The van der Waals surface area contributed by atoms with Crippen LogP contribution in [-0.2, 0) is 12.8 Å². The van der Waals surface area contributed by atoms with Gasteiger partial charge in [-0.25, -0.2) is 0 Å². The SMILES string of the molecule is COc1ccc(CCNCCCCCCNCCCc2ccc(Cl)cc2)cc1OC.Cl. The van der Waals surface area contributed by atoms with E-state index in [4.69, 9.17) is 21.1 Å². The first-order valence-corrected chi connectivity index (χ1v) is 11.5. The number of halogens is 2. The van der Waals surface area contributed by atoms with Crippen molar-refractivity contribution in [2.24, 2.45) is 0 Å². The third-order valence-corrected chi connectivity index (χ3v) is 5.48. The molecule has 0 saturated carbocycles. The molecule has 0 aliphatic carbocycles. The average Bonchev–Trinajstić information content (AvgIpc) is 2.78. The van der Waals surface area contributed by atoms with Gasteiger partial charge in [-0.1, -0.05) is 42.6 Å². The number of nitrogens with one attached hydrogen (secondary N) is 2. The first-order valence-electron chi connectivity index (χ1n) is 11.1. The van der Waals surface area contributed by atoms with Gasteiger partial charge in [0, 0.05) is 5.02 Å². The van der Waals surface area contributed by atoms with Crippen LogP contribution in [0.25, 0.3) is 0 Å². The highest BCUT2D eigenvalue weighted by atomic mass is 35.5. The van der Waals surface area contributed by atoms with Crippen molar-refractivity contribution in [3.05, 3.63) is 58.6 Å². The summed E-state index contributed by atoms with van der Waals surface area (Å²) in [4.78, 5) is 0. The van der Waals surface area contributed by atoms with E-state index in [9.17, 15) is 0 Å². The molecule has 0 amide bonds. The molecule has 31 heavy (non-hydrogen) atoms. The van der Waals surface area contributed by atoms with Crippen LogP contribution in [0.2, 0.25) is 5.02 Å². The zero-order valence-electron chi connectivity index (χ0n) is 18.9. The maximum absolute atomic E-state index is 5.91. The molecule has 2 aromatic carbocycles. The molecule has 0 aliphatic heterocycles. The molecule has 2 rings (SSSR count). The Balaban J connectivity index is 0.00000480. The Labute approximate surface area is 199 Å². The minimum Gasteiger partial charge on any atom is -0.493 e. The lowest BCUT2D eigenvalue weighted by molar-refractivity contribution is 0.354. The van der Waals surface area contributed by atoms with Crippen molar-refractivity contribution in [2.75, 3.05) is 40.4 Å². The van der Waals surface area contributed by atoms with Crippen molar-refractivity contribution in [3.8, 4) is 11.5 Å². The second kappa shape index (κ2) is 17.1. The molecular formula is C25H38Cl2N2O2. The van der Waals surface area contributed by atoms with E-state index in [1.54, 1.807) is 14.2 Å². The van der Waals surface area contributed by atoms with E-state index in [-0.39, 0.29) is 12.4 Å². The van der Waals surface area contributed by atoms with E-state index in [2.05, 4.69) is 34.9 Å². The standard InChI is InChI=1S/C25H37ClN2O2.ClH/c1-29-24-14-11-22(20-25(24)30-2)15-19-28-17-6-4-3-5-16-27-18-7-8-21-9-12-23(26)13-10-21;/h9-14,20,27-28H,3-8,15-19H2,1-2H3;1H. The van der Waals surface area contributed by atoms with E-state index in [0.29, 0.717) is 0 Å². The van der Waals surface area contributed by atoms with Crippen LogP contribution >= 0.6 is 24.0 Å². The number of ether oxygens (including phenoxy) is 2. The summed E-state index contributed by atoms with van der Waals surface area (Å²) < 4.78 is 10.6. The van der Waals surface area contributed by atoms with Crippen LogP contribution in [-0.4, -0.2) is 40.4 Å². The summed E-state index contributed by atoms with van der Waals surface area (Å²) in [5.74, 6) is 1.58. The Morgan fingerprint density at radius 2 is 1.23 bits per heavy atom. The van der Waals surface area contributed by atoms with Crippen molar-refractivity contribution >= 4 is 24.0 Å². The topological polar surface area (TPSA) is 42.5 Å². The van der Waals surface area contributed by atoms with Crippen LogP contribution in [0.4, 0.5) is 0 Å². The smallest absolute Gasteiger partial charge is 0.160 e.